The predicted molar refractivity (Wildman–Crippen MR) is 73.1 cm³/mol. The van der Waals surface area contributed by atoms with Crippen LogP contribution in [-0.2, 0) is 6.42 Å². The van der Waals surface area contributed by atoms with Gasteiger partial charge in [-0.15, -0.1) is 0 Å². The van der Waals surface area contributed by atoms with Gasteiger partial charge in [-0.3, -0.25) is 4.98 Å². The summed E-state index contributed by atoms with van der Waals surface area (Å²) in [5.74, 6) is 0.974. The maximum atomic E-state index is 4.36. The predicted octanol–water partition coefficient (Wildman–Crippen LogP) is 2.92. The van der Waals surface area contributed by atoms with Crippen LogP contribution >= 0.6 is 15.9 Å². The number of hydrogen-bond acceptors (Lipinski definition) is 3. The molecule has 2 aromatic heterocycles. The minimum atomic E-state index is 0.930. The SMILES string of the molecule is CN(CCc1ccncc1)c1ncccc1Br. The average molecular weight is 292 g/mol. The van der Waals surface area contributed by atoms with Gasteiger partial charge in [-0.2, -0.15) is 0 Å². The summed E-state index contributed by atoms with van der Waals surface area (Å²) in [5, 5.41) is 0. The van der Waals surface area contributed by atoms with Gasteiger partial charge in [0.15, 0.2) is 0 Å². The standard InChI is InChI=1S/C13H14BrN3/c1-17(13-12(14)3-2-7-16-13)10-6-11-4-8-15-9-5-11/h2-5,7-9H,6,10H2,1H3. The van der Waals surface area contributed by atoms with Crippen molar-refractivity contribution in [1.82, 2.24) is 9.97 Å². The van der Waals surface area contributed by atoms with E-state index in [0.717, 1.165) is 23.3 Å². The Morgan fingerprint density at radius 1 is 1.18 bits per heavy atom. The Balaban J connectivity index is 1.99. The van der Waals surface area contributed by atoms with Gasteiger partial charge in [0.2, 0.25) is 0 Å². The van der Waals surface area contributed by atoms with E-state index in [1.807, 2.05) is 49.9 Å². The molecule has 0 N–H and O–H groups in total. The first-order valence-corrected chi connectivity index (χ1v) is 6.27. The van der Waals surface area contributed by atoms with Gasteiger partial charge in [-0.25, -0.2) is 4.98 Å². The highest BCUT2D eigenvalue weighted by Crippen LogP contribution is 2.21. The molecule has 17 heavy (non-hydrogen) atoms. The summed E-state index contributed by atoms with van der Waals surface area (Å²) in [6, 6.07) is 8.01. The zero-order valence-electron chi connectivity index (χ0n) is 9.68. The van der Waals surface area contributed by atoms with Gasteiger partial charge in [-0.05, 0) is 52.2 Å². The van der Waals surface area contributed by atoms with E-state index in [0.29, 0.717) is 0 Å². The molecule has 0 bridgehead atoms. The fourth-order valence-corrected chi connectivity index (χ4v) is 2.17. The Kier molecular flexibility index (Phi) is 4.09. The van der Waals surface area contributed by atoms with E-state index in [4.69, 9.17) is 0 Å². The first kappa shape index (κ1) is 12.0. The maximum absolute atomic E-state index is 4.36. The second-order valence-electron chi connectivity index (χ2n) is 3.84. The van der Waals surface area contributed by atoms with E-state index in [9.17, 15) is 0 Å². The second-order valence-corrected chi connectivity index (χ2v) is 4.69. The molecule has 4 heteroatoms. The van der Waals surface area contributed by atoms with Gasteiger partial charge in [0.1, 0.15) is 5.82 Å². The largest absolute Gasteiger partial charge is 0.358 e. The van der Waals surface area contributed by atoms with Gasteiger partial charge in [0.25, 0.3) is 0 Å². The Labute approximate surface area is 110 Å². The number of nitrogens with zero attached hydrogens (tertiary/aromatic N) is 3. The van der Waals surface area contributed by atoms with Gasteiger partial charge in [0, 0.05) is 32.2 Å². The molecule has 0 saturated heterocycles. The van der Waals surface area contributed by atoms with Crippen molar-refractivity contribution in [2.45, 2.75) is 6.42 Å². The molecule has 0 aromatic carbocycles. The van der Waals surface area contributed by atoms with E-state index >= 15 is 0 Å². The van der Waals surface area contributed by atoms with Crippen molar-refractivity contribution in [2.24, 2.45) is 0 Å². The lowest BCUT2D eigenvalue weighted by Gasteiger charge is -2.19. The highest BCUT2D eigenvalue weighted by molar-refractivity contribution is 9.10. The quantitative estimate of drug-likeness (QED) is 0.867. The smallest absolute Gasteiger partial charge is 0.142 e. The Morgan fingerprint density at radius 3 is 2.65 bits per heavy atom. The molecule has 88 valence electrons. The summed E-state index contributed by atoms with van der Waals surface area (Å²) >= 11 is 3.51. The number of halogens is 1. The molecule has 0 aliphatic carbocycles. The lowest BCUT2D eigenvalue weighted by molar-refractivity contribution is 0.855. The van der Waals surface area contributed by atoms with Crippen LogP contribution in [0, 0.1) is 0 Å². The van der Waals surface area contributed by atoms with E-state index in [1.54, 1.807) is 0 Å². The van der Waals surface area contributed by atoms with E-state index in [-0.39, 0.29) is 0 Å². The van der Waals surface area contributed by atoms with Gasteiger partial charge >= 0.3 is 0 Å². The van der Waals surface area contributed by atoms with Crippen LogP contribution in [0.25, 0.3) is 0 Å². The highest BCUT2D eigenvalue weighted by Gasteiger charge is 2.06. The maximum Gasteiger partial charge on any atom is 0.142 e. The van der Waals surface area contributed by atoms with Crippen LogP contribution in [0.2, 0.25) is 0 Å². The van der Waals surface area contributed by atoms with Crippen molar-refractivity contribution in [3.05, 3.63) is 52.9 Å². The molecule has 3 nitrogen and oxygen atoms in total. The molecule has 0 atom stereocenters. The van der Waals surface area contributed by atoms with Crippen molar-refractivity contribution in [2.75, 3.05) is 18.5 Å². The monoisotopic (exact) mass is 291 g/mol. The number of hydrogen-bond donors (Lipinski definition) is 0. The molecule has 0 spiro atoms. The summed E-state index contributed by atoms with van der Waals surface area (Å²) in [4.78, 5) is 10.5. The molecule has 2 aromatic rings. The van der Waals surface area contributed by atoms with Crippen molar-refractivity contribution < 1.29 is 0 Å². The molecule has 0 aliphatic rings. The topological polar surface area (TPSA) is 29.0 Å². The summed E-state index contributed by atoms with van der Waals surface area (Å²) in [7, 11) is 2.05. The minimum absolute atomic E-state index is 0.930. The molecule has 0 aliphatic heterocycles. The fourth-order valence-electron chi connectivity index (χ4n) is 1.61. The Morgan fingerprint density at radius 2 is 1.94 bits per heavy atom. The third-order valence-electron chi connectivity index (χ3n) is 2.59. The average Bonchev–Trinajstić information content (AvgIpc) is 2.38. The Bertz CT molecular complexity index is 473. The van der Waals surface area contributed by atoms with Crippen molar-refractivity contribution in [3.63, 3.8) is 0 Å². The molecule has 0 fully saturated rings. The third kappa shape index (κ3) is 3.27. The van der Waals surface area contributed by atoms with E-state index < -0.39 is 0 Å². The number of likely N-dealkylation sites (N-methyl/N-ethyl adjacent to an activating group) is 1. The number of rotatable bonds is 4. The first-order chi connectivity index (χ1) is 8.27. The minimum Gasteiger partial charge on any atom is -0.358 e. The lowest BCUT2D eigenvalue weighted by atomic mass is 10.2. The molecule has 2 rings (SSSR count). The van der Waals surface area contributed by atoms with Crippen molar-refractivity contribution in [1.29, 1.82) is 0 Å². The summed E-state index contributed by atoms with van der Waals surface area (Å²) < 4.78 is 1.03. The van der Waals surface area contributed by atoms with Crippen LogP contribution in [0.1, 0.15) is 5.56 Å². The van der Waals surface area contributed by atoms with Crippen LogP contribution < -0.4 is 4.90 Å². The van der Waals surface area contributed by atoms with Crippen LogP contribution in [0.4, 0.5) is 5.82 Å². The highest BCUT2D eigenvalue weighted by atomic mass is 79.9. The van der Waals surface area contributed by atoms with Crippen LogP contribution in [-0.4, -0.2) is 23.6 Å². The van der Waals surface area contributed by atoms with Crippen LogP contribution in [0.5, 0.6) is 0 Å². The van der Waals surface area contributed by atoms with Crippen LogP contribution in [0.15, 0.2) is 47.3 Å². The fraction of sp³-hybridized carbons (Fsp3) is 0.231. The van der Waals surface area contributed by atoms with Gasteiger partial charge in [0.05, 0.1) is 4.47 Å². The molecule has 0 unspecified atom stereocenters. The molecule has 0 radical (unpaired) electrons. The molecule has 0 amide bonds. The summed E-state index contributed by atoms with van der Waals surface area (Å²) in [6.07, 6.45) is 6.45. The molecule has 0 saturated carbocycles. The van der Waals surface area contributed by atoms with E-state index in [1.165, 1.54) is 5.56 Å². The van der Waals surface area contributed by atoms with Crippen molar-refractivity contribution >= 4 is 21.7 Å². The van der Waals surface area contributed by atoms with Crippen molar-refractivity contribution in [3.8, 4) is 0 Å². The lowest BCUT2D eigenvalue weighted by Crippen LogP contribution is -2.21. The number of anilines is 1. The second kappa shape index (κ2) is 5.77. The Hall–Kier alpha value is -1.42. The molecular weight excluding hydrogens is 278 g/mol. The number of pyridine rings is 2. The molecular formula is C13H14BrN3. The summed E-state index contributed by atoms with van der Waals surface area (Å²) in [5.41, 5.74) is 1.29. The zero-order valence-corrected chi connectivity index (χ0v) is 11.3. The number of aromatic nitrogens is 2. The third-order valence-corrected chi connectivity index (χ3v) is 3.20. The first-order valence-electron chi connectivity index (χ1n) is 5.48. The van der Waals surface area contributed by atoms with Gasteiger partial charge < -0.3 is 4.90 Å². The normalized spacial score (nSPS) is 10.2. The van der Waals surface area contributed by atoms with Crippen LogP contribution in [0.3, 0.4) is 0 Å². The molecule has 2 heterocycles. The van der Waals surface area contributed by atoms with Gasteiger partial charge in [-0.1, -0.05) is 0 Å². The van der Waals surface area contributed by atoms with E-state index in [2.05, 4.69) is 30.8 Å². The zero-order chi connectivity index (χ0) is 12.1. The summed E-state index contributed by atoms with van der Waals surface area (Å²) in [6.45, 7) is 0.930.